The fourth-order valence-electron chi connectivity index (χ4n) is 2.93. The van der Waals surface area contributed by atoms with Gasteiger partial charge in [0.25, 0.3) is 0 Å². The number of aliphatic imine (C=N–C) groups is 1. The van der Waals surface area contributed by atoms with Crippen LogP contribution in [-0.4, -0.2) is 42.1 Å². The molecule has 3 rings (SSSR count). The number of aliphatic hydroxyl groups is 1. The quantitative estimate of drug-likeness (QED) is 0.615. The van der Waals surface area contributed by atoms with Crippen LogP contribution in [0.2, 0.25) is 0 Å². The van der Waals surface area contributed by atoms with E-state index in [0.717, 1.165) is 17.3 Å². The fraction of sp³-hybridized carbons (Fsp3) is 0.217. The van der Waals surface area contributed by atoms with Crippen LogP contribution in [0, 0.1) is 6.92 Å². The third kappa shape index (κ3) is 4.86. The molecule has 2 aromatic carbocycles. The Bertz CT molecular complexity index is 1100. The van der Waals surface area contributed by atoms with Gasteiger partial charge in [0.2, 0.25) is 0 Å². The molecule has 1 aliphatic heterocycles. The number of carbonyl (C=O) groups is 1. The van der Waals surface area contributed by atoms with Gasteiger partial charge in [0.1, 0.15) is 22.1 Å². The molecule has 0 amide bonds. The van der Waals surface area contributed by atoms with Gasteiger partial charge in [-0.3, -0.25) is 0 Å². The number of thioether (sulfide) groups is 1. The summed E-state index contributed by atoms with van der Waals surface area (Å²) in [5.74, 6) is 0.172. The molecule has 2 aromatic rings. The van der Waals surface area contributed by atoms with Crippen molar-refractivity contribution in [1.82, 2.24) is 0 Å². The lowest BCUT2D eigenvalue weighted by atomic mass is 10.1. The molecular weight excluding hydrogens is 418 g/mol. The fourth-order valence-corrected chi connectivity index (χ4v) is 3.96. The standard InChI is InChI=1S/C23H23NO6S/c1-5-30-23(27)20-21(26)19(11-14-10-13(2)6-8-16(14)25)31-22(20)24-15-7-9-17(28-3)18(12-15)29-4/h6-12,25-26H,5H2,1-4H3. The molecule has 1 aliphatic rings. The van der Waals surface area contributed by atoms with Crippen molar-refractivity contribution >= 4 is 34.5 Å². The van der Waals surface area contributed by atoms with E-state index in [9.17, 15) is 15.0 Å². The van der Waals surface area contributed by atoms with Crippen LogP contribution in [-0.2, 0) is 9.53 Å². The normalized spacial score (nSPS) is 16.1. The Kier molecular flexibility index (Phi) is 6.91. The first-order chi connectivity index (χ1) is 14.9. The zero-order valence-corrected chi connectivity index (χ0v) is 18.4. The van der Waals surface area contributed by atoms with E-state index in [2.05, 4.69) is 4.99 Å². The molecule has 31 heavy (non-hydrogen) atoms. The molecule has 0 radical (unpaired) electrons. The Morgan fingerprint density at radius 2 is 1.84 bits per heavy atom. The first kappa shape index (κ1) is 22.3. The number of esters is 1. The Morgan fingerprint density at radius 1 is 1.10 bits per heavy atom. The Morgan fingerprint density at radius 3 is 2.52 bits per heavy atom. The number of benzene rings is 2. The summed E-state index contributed by atoms with van der Waals surface area (Å²) in [4.78, 5) is 17.5. The summed E-state index contributed by atoms with van der Waals surface area (Å²) in [6, 6.07) is 10.2. The second-order valence-corrected chi connectivity index (χ2v) is 7.60. The van der Waals surface area contributed by atoms with Crippen LogP contribution in [0.4, 0.5) is 5.69 Å². The van der Waals surface area contributed by atoms with Gasteiger partial charge in [-0.2, -0.15) is 0 Å². The topological polar surface area (TPSA) is 97.6 Å². The molecule has 0 aromatic heterocycles. The highest BCUT2D eigenvalue weighted by atomic mass is 32.2. The Labute approximate surface area is 184 Å². The van der Waals surface area contributed by atoms with Crippen LogP contribution >= 0.6 is 11.8 Å². The van der Waals surface area contributed by atoms with Crippen molar-refractivity contribution in [3.05, 3.63) is 63.8 Å². The monoisotopic (exact) mass is 441 g/mol. The largest absolute Gasteiger partial charge is 0.507 e. The highest BCUT2D eigenvalue weighted by Crippen LogP contribution is 2.42. The van der Waals surface area contributed by atoms with Crippen molar-refractivity contribution in [2.45, 2.75) is 13.8 Å². The van der Waals surface area contributed by atoms with Gasteiger partial charge in [-0.1, -0.05) is 23.4 Å². The number of aliphatic hydroxyl groups excluding tert-OH is 1. The zero-order valence-electron chi connectivity index (χ0n) is 17.6. The van der Waals surface area contributed by atoms with E-state index in [1.807, 2.05) is 6.92 Å². The number of aromatic hydroxyl groups is 1. The van der Waals surface area contributed by atoms with Crippen LogP contribution in [0.3, 0.4) is 0 Å². The van der Waals surface area contributed by atoms with Crippen LogP contribution < -0.4 is 9.47 Å². The van der Waals surface area contributed by atoms with Crippen molar-refractivity contribution in [1.29, 1.82) is 0 Å². The highest BCUT2D eigenvalue weighted by Gasteiger charge is 2.33. The number of nitrogens with zero attached hydrogens (tertiary/aromatic N) is 1. The minimum Gasteiger partial charge on any atom is -0.507 e. The third-order valence-electron chi connectivity index (χ3n) is 4.44. The Hall–Kier alpha value is -3.39. The summed E-state index contributed by atoms with van der Waals surface area (Å²) in [5.41, 5.74) is 1.94. The van der Waals surface area contributed by atoms with E-state index in [0.29, 0.717) is 27.7 Å². The molecule has 0 saturated carbocycles. The average Bonchev–Trinajstić information content (AvgIpc) is 3.05. The maximum atomic E-state index is 12.5. The maximum Gasteiger partial charge on any atom is 0.344 e. The lowest BCUT2D eigenvalue weighted by Crippen LogP contribution is -2.12. The van der Waals surface area contributed by atoms with Crippen molar-refractivity contribution in [3.63, 3.8) is 0 Å². The van der Waals surface area contributed by atoms with Crippen molar-refractivity contribution in [3.8, 4) is 17.2 Å². The first-order valence-corrected chi connectivity index (χ1v) is 10.3. The maximum absolute atomic E-state index is 12.5. The van der Waals surface area contributed by atoms with Gasteiger partial charge >= 0.3 is 5.97 Å². The van der Waals surface area contributed by atoms with Gasteiger partial charge in [0.05, 0.1) is 31.4 Å². The van der Waals surface area contributed by atoms with Crippen molar-refractivity contribution in [2.24, 2.45) is 4.99 Å². The molecule has 0 aliphatic carbocycles. The summed E-state index contributed by atoms with van der Waals surface area (Å²) < 4.78 is 15.7. The molecule has 2 N–H and O–H groups in total. The molecule has 7 nitrogen and oxygen atoms in total. The van der Waals surface area contributed by atoms with Crippen LogP contribution in [0.15, 0.2) is 57.6 Å². The number of aryl methyl sites for hydroxylation is 1. The number of carbonyl (C=O) groups excluding carboxylic acids is 1. The van der Waals surface area contributed by atoms with Crippen molar-refractivity contribution < 1.29 is 29.2 Å². The molecule has 1 heterocycles. The molecule has 0 fully saturated rings. The van der Waals surface area contributed by atoms with Gasteiger partial charge in [0.15, 0.2) is 11.5 Å². The molecule has 8 heteroatoms. The van der Waals surface area contributed by atoms with Gasteiger partial charge in [-0.05, 0) is 44.2 Å². The Balaban J connectivity index is 2.08. The van der Waals surface area contributed by atoms with E-state index in [1.54, 1.807) is 49.4 Å². The second-order valence-electron chi connectivity index (χ2n) is 6.57. The first-order valence-electron chi connectivity index (χ1n) is 9.48. The summed E-state index contributed by atoms with van der Waals surface area (Å²) in [5, 5.41) is 21.2. The van der Waals surface area contributed by atoms with Gasteiger partial charge in [0, 0.05) is 11.6 Å². The molecule has 0 unspecified atom stereocenters. The highest BCUT2D eigenvalue weighted by molar-refractivity contribution is 8.18. The van der Waals surface area contributed by atoms with Crippen molar-refractivity contribution in [2.75, 3.05) is 20.8 Å². The molecule has 162 valence electrons. The lowest BCUT2D eigenvalue weighted by Gasteiger charge is -2.08. The summed E-state index contributed by atoms with van der Waals surface area (Å²) in [6.07, 6.45) is 1.61. The molecular formula is C23H23NO6S. The molecule has 0 atom stereocenters. The number of hydrogen-bond donors (Lipinski definition) is 2. The SMILES string of the molecule is CCOC(=O)C1=C(O)C(=Cc2cc(C)ccc2O)SC1=Nc1ccc(OC)c(OC)c1. The summed E-state index contributed by atoms with van der Waals surface area (Å²) in [7, 11) is 3.05. The third-order valence-corrected chi connectivity index (χ3v) is 5.46. The van der Waals surface area contributed by atoms with E-state index < -0.39 is 5.97 Å². The van der Waals surface area contributed by atoms with Crippen LogP contribution in [0.25, 0.3) is 6.08 Å². The number of phenolic OH excluding ortho intramolecular Hbond substituents is 1. The molecule has 0 saturated heterocycles. The predicted octanol–water partition coefficient (Wildman–Crippen LogP) is 4.91. The van der Waals surface area contributed by atoms with Gasteiger partial charge in [-0.25, -0.2) is 9.79 Å². The minimum absolute atomic E-state index is 0.0278. The van der Waals surface area contributed by atoms with Crippen LogP contribution in [0.5, 0.6) is 17.2 Å². The number of phenols is 1. The number of ether oxygens (including phenoxy) is 3. The smallest absolute Gasteiger partial charge is 0.344 e. The predicted molar refractivity (Wildman–Crippen MR) is 121 cm³/mol. The molecule has 0 bridgehead atoms. The van der Waals surface area contributed by atoms with E-state index >= 15 is 0 Å². The summed E-state index contributed by atoms with van der Waals surface area (Å²) in [6.45, 7) is 3.73. The zero-order chi connectivity index (χ0) is 22.5. The average molecular weight is 442 g/mol. The minimum atomic E-state index is -0.677. The molecule has 0 spiro atoms. The van der Waals surface area contributed by atoms with Crippen LogP contribution in [0.1, 0.15) is 18.1 Å². The van der Waals surface area contributed by atoms with E-state index in [1.165, 1.54) is 14.2 Å². The second kappa shape index (κ2) is 9.61. The number of hydrogen-bond acceptors (Lipinski definition) is 8. The van der Waals surface area contributed by atoms with Gasteiger partial charge in [-0.15, -0.1) is 0 Å². The summed E-state index contributed by atoms with van der Waals surface area (Å²) >= 11 is 1.11. The number of methoxy groups -OCH3 is 2. The lowest BCUT2D eigenvalue weighted by molar-refractivity contribution is -0.138. The van der Waals surface area contributed by atoms with Gasteiger partial charge < -0.3 is 24.4 Å². The van der Waals surface area contributed by atoms with E-state index in [-0.39, 0.29) is 28.7 Å². The van der Waals surface area contributed by atoms with E-state index in [4.69, 9.17) is 14.2 Å². The number of rotatable bonds is 6.